The maximum atomic E-state index is 12.7. The van der Waals surface area contributed by atoms with E-state index in [2.05, 4.69) is 10.2 Å². The third-order valence-electron chi connectivity index (χ3n) is 5.06. The number of carbonyl (C=O) groups is 2. The molecule has 0 bridgehead atoms. The standard InChI is InChI=1S/C16H21N5O3/c22-14-6-5-12(17-18-14)13-2-1-7-21(13)15(23)10-19-8-9-20(16(19)24)11-3-4-11/h5-6,11,13H,1-4,7-10H2,(H,18,22). The van der Waals surface area contributed by atoms with Gasteiger partial charge in [0.15, 0.2) is 0 Å². The third kappa shape index (κ3) is 2.76. The molecule has 2 saturated heterocycles. The molecule has 0 spiro atoms. The number of rotatable bonds is 4. The van der Waals surface area contributed by atoms with E-state index < -0.39 is 0 Å². The number of likely N-dealkylation sites (tertiary alicyclic amines) is 1. The summed E-state index contributed by atoms with van der Waals surface area (Å²) in [5.41, 5.74) is 0.449. The van der Waals surface area contributed by atoms with Crippen molar-refractivity contribution in [3.63, 3.8) is 0 Å². The van der Waals surface area contributed by atoms with E-state index in [0.717, 1.165) is 32.2 Å². The highest BCUT2D eigenvalue weighted by atomic mass is 16.2. The van der Waals surface area contributed by atoms with E-state index >= 15 is 0 Å². The Morgan fingerprint density at radius 1 is 1.17 bits per heavy atom. The first-order chi connectivity index (χ1) is 11.6. The van der Waals surface area contributed by atoms with E-state index in [1.54, 1.807) is 15.9 Å². The number of carbonyl (C=O) groups excluding carboxylic acids is 2. The number of urea groups is 1. The maximum absolute atomic E-state index is 12.7. The highest BCUT2D eigenvalue weighted by molar-refractivity contribution is 5.85. The van der Waals surface area contributed by atoms with Gasteiger partial charge in [0.2, 0.25) is 5.91 Å². The van der Waals surface area contributed by atoms with Gasteiger partial charge in [0, 0.05) is 31.7 Å². The van der Waals surface area contributed by atoms with Crippen LogP contribution < -0.4 is 5.56 Å². The van der Waals surface area contributed by atoms with Crippen LogP contribution in [0.2, 0.25) is 0 Å². The molecule has 3 aliphatic rings. The fourth-order valence-corrected chi connectivity index (χ4v) is 3.64. The number of nitrogens with zero attached hydrogens (tertiary/aromatic N) is 4. The largest absolute Gasteiger partial charge is 0.332 e. The molecule has 4 rings (SSSR count). The minimum absolute atomic E-state index is 0.0104. The van der Waals surface area contributed by atoms with E-state index in [0.29, 0.717) is 24.8 Å². The van der Waals surface area contributed by atoms with Crippen LogP contribution in [0.4, 0.5) is 4.79 Å². The molecular weight excluding hydrogens is 310 g/mol. The average molecular weight is 331 g/mol. The number of nitrogens with one attached hydrogen (secondary N) is 1. The zero-order chi connectivity index (χ0) is 16.7. The smallest absolute Gasteiger partial charge is 0.320 e. The number of H-pyrrole nitrogens is 1. The van der Waals surface area contributed by atoms with Crippen LogP contribution in [0.25, 0.3) is 0 Å². The lowest BCUT2D eigenvalue weighted by molar-refractivity contribution is -0.132. The highest BCUT2D eigenvalue weighted by Crippen LogP contribution is 2.32. The van der Waals surface area contributed by atoms with Crippen molar-refractivity contribution in [1.29, 1.82) is 0 Å². The second-order valence-electron chi connectivity index (χ2n) is 6.72. The molecule has 1 saturated carbocycles. The molecule has 2 aliphatic heterocycles. The molecule has 1 aromatic heterocycles. The van der Waals surface area contributed by atoms with Crippen molar-refractivity contribution in [2.75, 3.05) is 26.2 Å². The lowest BCUT2D eigenvalue weighted by atomic mass is 10.1. The molecular formula is C16H21N5O3. The molecule has 3 amide bonds. The first-order valence-electron chi connectivity index (χ1n) is 8.54. The summed E-state index contributed by atoms with van der Waals surface area (Å²) < 4.78 is 0. The molecule has 8 nitrogen and oxygen atoms in total. The molecule has 1 aliphatic carbocycles. The Labute approximate surface area is 139 Å². The second-order valence-corrected chi connectivity index (χ2v) is 6.72. The molecule has 1 unspecified atom stereocenters. The molecule has 24 heavy (non-hydrogen) atoms. The van der Waals surface area contributed by atoms with Gasteiger partial charge in [0.1, 0.15) is 6.54 Å². The quantitative estimate of drug-likeness (QED) is 0.861. The fourth-order valence-electron chi connectivity index (χ4n) is 3.64. The summed E-state index contributed by atoms with van der Waals surface area (Å²) >= 11 is 0. The molecule has 0 radical (unpaired) electrons. The number of aromatic amines is 1. The summed E-state index contributed by atoms with van der Waals surface area (Å²) in [6, 6.07) is 3.36. The van der Waals surface area contributed by atoms with E-state index in [1.165, 1.54) is 6.07 Å². The summed E-state index contributed by atoms with van der Waals surface area (Å²) in [5, 5.41) is 6.49. The molecule has 3 heterocycles. The Morgan fingerprint density at radius 2 is 2.00 bits per heavy atom. The summed E-state index contributed by atoms with van der Waals surface area (Å²) in [6.07, 6.45) is 3.89. The fraction of sp³-hybridized carbons (Fsp3) is 0.625. The molecule has 3 fully saturated rings. The van der Waals surface area contributed by atoms with E-state index in [4.69, 9.17) is 0 Å². The van der Waals surface area contributed by atoms with Crippen molar-refractivity contribution in [3.8, 4) is 0 Å². The SMILES string of the molecule is O=C1N(CC(=O)N2CCCC2c2ccc(=O)[nH]n2)CCN1C1CC1. The molecule has 128 valence electrons. The van der Waals surface area contributed by atoms with E-state index in [-0.39, 0.29) is 30.1 Å². The van der Waals surface area contributed by atoms with Crippen molar-refractivity contribution in [3.05, 3.63) is 28.2 Å². The monoisotopic (exact) mass is 331 g/mol. The lowest BCUT2D eigenvalue weighted by Gasteiger charge is -2.26. The van der Waals surface area contributed by atoms with E-state index in [9.17, 15) is 14.4 Å². The maximum Gasteiger partial charge on any atom is 0.320 e. The topological polar surface area (TPSA) is 89.6 Å². The summed E-state index contributed by atoms with van der Waals surface area (Å²) in [4.78, 5) is 41.5. The Kier molecular flexibility index (Phi) is 3.74. The zero-order valence-electron chi connectivity index (χ0n) is 13.5. The van der Waals surface area contributed by atoms with Crippen LogP contribution in [0.15, 0.2) is 16.9 Å². The second kappa shape index (κ2) is 5.92. The lowest BCUT2D eigenvalue weighted by Crippen LogP contribution is -2.42. The Morgan fingerprint density at radius 3 is 2.71 bits per heavy atom. The number of amides is 3. The highest BCUT2D eigenvalue weighted by Gasteiger charge is 2.40. The predicted octanol–water partition coefficient (Wildman–Crippen LogP) is 0.333. The molecule has 8 heteroatoms. The molecule has 1 N–H and O–H groups in total. The molecule has 0 aromatic carbocycles. The number of aromatic nitrogens is 2. The minimum Gasteiger partial charge on any atom is -0.332 e. The predicted molar refractivity (Wildman–Crippen MR) is 85.2 cm³/mol. The summed E-state index contributed by atoms with van der Waals surface area (Å²) in [6.45, 7) is 2.14. The summed E-state index contributed by atoms with van der Waals surface area (Å²) in [5.74, 6) is -0.0449. The molecule has 1 atom stereocenters. The Bertz CT molecular complexity index is 693. The minimum atomic E-state index is -0.252. The van der Waals surface area contributed by atoms with Crippen LogP contribution in [0.3, 0.4) is 0 Å². The molecule has 1 aromatic rings. The number of hydrogen-bond donors (Lipinski definition) is 1. The van der Waals surface area contributed by atoms with Crippen molar-refractivity contribution >= 4 is 11.9 Å². The van der Waals surface area contributed by atoms with Gasteiger partial charge in [-0.2, -0.15) is 5.10 Å². The van der Waals surface area contributed by atoms with Crippen LogP contribution in [0.5, 0.6) is 0 Å². The van der Waals surface area contributed by atoms with Gasteiger partial charge in [-0.1, -0.05) is 0 Å². The van der Waals surface area contributed by atoms with Crippen molar-refractivity contribution < 1.29 is 9.59 Å². The van der Waals surface area contributed by atoms with Crippen LogP contribution >= 0.6 is 0 Å². The van der Waals surface area contributed by atoms with Crippen LogP contribution in [0, 0.1) is 0 Å². The Hall–Kier alpha value is -2.38. The average Bonchev–Trinajstić information content (AvgIpc) is 3.18. The van der Waals surface area contributed by atoms with Crippen molar-refractivity contribution in [2.45, 2.75) is 37.8 Å². The van der Waals surface area contributed by atoms with Crippen LogP contribution in [-0.2, 0) is 4.79 Å². The first kappa shape index (κ1) is 15.2. The summed E-state index contributed by atoms with van der Waals surface area (Å²) in [7, 11) is 0. The first-order valence-corrected chi connectivity index (χ1v) is 8.54. The third-order valence-corrected chi connectivity index (χ3v) is 5.06. The van der Waals surface area contributed by atoms with Gasteiger partial charge >= 0.3 is 6.03 Å². The number of hydrogen-bond acceptors (Lipinski definition) is 4. The zero-order valence-corrected chi connectivity index (χ0v) is 13.5. The Balaban J connectivity index is 1.42. The van der Waals surface area contributed by atoms with Gasteiger partial charge in [-0.3, -0.25) is 9.59 Å². The normalized spacial score (nSPS) is 24.1. The van der Waals surface area contributed by atoms with Gasteiger partial charge in [-0.25, -0.2) is 9.89 Å². The van der Waals surface area contributed by atoms with Gasteiger partial charge in [-0.05, 0) is 31.7 Å². The van der Waals surface area contributed by atoms with Crippen molar-refractivity contribution in [1.82, 2.24) is 24.9 Å². The van der Waals surface area contributed by atoms with E-state index in [1.807, 2.05) is 4.90 Å². The van der Waals surface area contributed by atoms with Gasteiger partial charge in [0.25, 0.3) is 5.56 Å². The van der Waals surface area contributed by atoms with Crippen molar-refractivity contribution in [2.24, 2.45) is 0 Å². The van der Waals surface area contributed by atoms with Crippen LogP contribution in [0.1, 0.15) is 37.4 Å². The van der Waals surface area contributed by atoms with Gasteiger partial charge in [0.05, 0.1) is 11.7 Å². The van der Waals surface area contributed by atoms with Gasteiger partial charge in [-0.15, -0.1) is 0 Å². The van der Waals surface area contributed by atoms with Gasteiger partial charge < -0.3 is 14.7 Å². The van der Waals surface area contributed by atoms with Crippen LogP contribution in [-0.4, -0.2) is 69.1 Å².